The molecule has 0 bridgehead atoms. The van der Waals surface area contributed by atoms with Crippen LogP contribution in [-0.2, 0) is 19.1 Å². The molecule has 3 aromatic rings. The van der Waals surface area contributed by atoms with Crippen LogP contribution < -0.4 is 10.2 Å². The Bertz CT molecular complexity index is 1530. The summed E-state index contributed by atoms with van der Waals surface area (Å²) in [5.41, 5.74) is 2.23. The molecule has 3 amide bonds. The summed E-state index contributed by atoms with van der Waals surface area (Å²) in [4.78, 5) is 53.9. The highest BCUT2D eigenvalue weighted by atomic mass is 35.5. The Labute approximate surface area is 245 Å². The number of morpholine rings is 1. The normalized spacial score (nSPS) is 16.4. The van der Waals surface area contributed by atoms with E-state index in [1.807, 2.05) is 18.2 Å². The third-order valence-corrected chi connectivity index (χ3v) is 7.59. The number of nitrogens with zero attached hydrogens (tertiary/aromatic N) is 2. The van der Waals surface area contributed by atoms with E-state index in [-0.39, 0.29) is 22.1 Å². The van der Waals surface area contributed by atoms with Crippen LogP contribution in [0.1, 0.15) is 23.0 Å². The van der Waals surface area contributed by atoms with Crippen molar-refractivity contribution in [3.8, 4) is 11.3 Å². The number of furan rings is 1. The lowest BCUT2D eigenvalue weighted by molar-refractivity contribution is -0.127. The van der Waals surface area contributed by atoms with Gasteiger partial charge in [0.05, 0.1) is 46.7 Å². The third kappa shape index (κ3) is 6.48. The molecule has 10 nitrogen and oxygen atoms in total. The van der Waals surface area contributed by atoms with E-state index in [4.69, 9.17) is 25.5 Å². The Hall–Kier alpha value is -4.06. The largest absolute Gasteiger partial charge is 0.462 e. The zero-order valence-corrected chi connectivity index (χ0v) is 23.6. The van der Waals surface area contributed by atoms with Crippen molar-refractivity contribution >= 4 is 63.8 Å². The predicted octanol–water partition coefficient (Wildman–Crippen LogP) is 5.29. The van der Waals surface area contributed by atoms with Gasteiger partial charge < -0.3 is 24.1 Å². The second-order valence-corrected chi connectivity index (χ2v) is 10.5. The lowest BCUT2D eigenvalue weighted by Crippen LogP contribution is -2.38. The van der Waals surface area contributed by atoms with E-state index in [9.17, 15) is 19.2 Å². The maximum atomic E-state index is 13.0. The molecule has 41 heavy (non-hydrogen) atoms. The van der Waals surface area contributed by atoms with Crippen LogP contribution in [0.4, 0.5) is 16.2 Å². The molecule has 1 aromatic heterocycles. The molecule has 2 saturated heterocycles. The maximum Gasteiger partial charge on any atom is 0.339 e. The van der Waals surface area contributed by atoms with E-state index in [2.05, 4.69) is 10.2 Å². The number of carbonyl (C=O) groups excluding carboxylic acids is 4. The van der Waals surface area contributed by atoms with E-state index in [1.54, 1.807) is 43.3 Å². The number of para-hydroxylation sites is 2. The minimum absolute atomic E-state index is 0.126. The lowest BCUT2D eigenvalue weighted by Gasteiger charge is -2.30. The molecule has 5 rings (SSSR count). The Morgan fingerprint density at radius 3 is 2.66 bits per heavy atom. The predicted molar refractivity (Wildman–Crippen MR) is 156 cm³/mol. The van der Waals surface area contributed by atoms with Gasteiger partial charge in [-0.25, -0.2) is 4.79 Å². The van der Waals surface area contributed by atoms with Crippen molar-refractivity contribution in [1.82, 2.24) is 4.90 Å². The number of halogens is 1. The Morgan fingerprint density at radius 1 is 1.10 bits per heavy atom. The highest BCUT2D eigenvalue weighted by Crippen LogP contribution is 2.34. The van der Waals surface area contributed by atoms with Crippen LogP contribution in [0, 0.1) is 0 Å². The molecular formula is C29H26ClN3O7S. The highest BCUT2D eigenvalue weighted by molar-refractivity contribution is 8.18. The van der Waals surface area contributed by atoms with E-state index < -0.39 is 29.6 Å². The van der Waals surface area contributed by atoms with Crippen molar-refractivity contribution < 1.29 is 33.1 Å². The average molecular weight is 596 g/mol. The van der Waals surface area contributed by atoms with Gasteiger partial charge in [0.2, 0.25) is 5.91 Å². The standard InChI is InChI=1S/C29H26ClN3O7S/c1-2-39-28(36)20-15-18(7-9-21(20)30)24-10-8-19(40-24)16-25-27(35)33(29(37)41-25)17-26(34)31-22-5-3-4-6-23(22)32-11-13-38-14-12-32/h3-10,15-16H,2,11-14,17H2,1H3,(H,31,34)/b25-16+. The lowest BCUT2D eigenvalue weighted by atomic mass is 10.1. The zero-order valence-electron chi connectivity index (χ0n) is 22.1. The first-order valence-corrected chi connectivity index (χ1v) is 14.1. The Balaban J connectivity index is 1.26. The van der Waals surface area contributed by atoms with Crippen molar-refractivity contribution in [3.05, 3.63) is 75.8 Å². The second-order valence-electron chi connectivity index (χ2n) is 9.05. The molecule has 212 valence electrons. The molecule has 3 heterocycles. The van der Waals surface area contributed by atoms with Crippen molar-refractivity contribution in [2.75, 3.05) is 49.7 Å². The minimum Gasteiger partial charge on any atom is -0.462 e. The SMILES string of the molecule is CCOC(=O)c1cc(-c2ccc(/C=C3/SC(=O)N(CC(=O)Nc4ccccc4N4CCOCC4)C3=O)o2)ccc1Cl. The minimum atomic E-state index is -0.592. The topological polar surface area (TPSA) is 118 Å². The Kier molecular flexibility index (Phi) is 8.77. The van der Waals surface area contributed by atoms with E-state index in [1.165, 1.54) is 6.08 Å². The van der Waals surface area contributed by atoms with Crippen molar-refractivity contribution in [3.63, 3.8) is 0 Å². The van der Waals surface area contributed by atoms with Crippen LogP contribution >= 0.6 is 23.4 Å². The first-order valence-electron chi connectivity index (χ1n) is 12.9. The molecule has 0 spiro atoms. The number of hydrogen-bond acceptors (Lipinski definition) is 9. The fourth-order valence-corrected chi connectivity index (χ4v) is 5.40. The molecule has 0 radical (unpaired) electrons. The van der Waals surface area contributed by atoms with Crippen molar-refractivity contribution in [2.24, 2.45) is 0 Å². The van der Waals surface area contributed by atoms with Gasteiger partial charge in [0.15, 0.2) is 0 Å². The fourth-order valence-electron chi connectivity index (χ4n) is 4.39. The molecule has 12 heteroatoms. The number of imide groups is 1. The van der Waals surface area contributed by atoms with Gasteiger partial charge in [-0.15, -0.1) is 0 Å². The average Bonchev–Trinajstić information content (AvgIpc) is 3.54. The molecule has 0 saturated carbocycles. The molecule has 2 aliphatic rings. The van der Waals surface area contributed by atoms with Gasteiger partial charge in [0.1, 0.15) is 18.1 Å². The number of anilines is 2. The fraction of sp³-hybridized carbons (Fsp3) is 0.241. The summed E-state index contributed by atoms with van der Waals surface area (Å²) >= 11 is 6.88. The Morgan fingerprint density at radius 2 is 1.88 bits per heavy atom. The van der Waals surface area contributed by atoms with Crippen LogP contribution in [0.2, 0.25) is 5.02 Å². The first kappa shape index (κ1) is 28.5. The van der Waals surface area contributed by atoms with Crippen LogP contribution in [0.5, 0.6) is 0 Å². The van der Waals surface area contributed by atoms with Gasteiger partial charge in [0, 0.05) is 24.7 Å². The monoisotopic (exact) mass is 595 g/mol. The highest BCUT2D eigenvalue weighted by Gasteiger charge is 2.36. The second kappa shape index (κ2) is 12.6. The van der Waals surface area contributed by atoms with Crippen LogP contribution in [0.15, 0.2) is 63.9 Å². The molecule has 1 N–H and O–H groups in total. The summed E-state index contributed by atoms with van der Waals surface area (Å²) in [7, 11) is 0. The number of rotatable bonds is 8. The molecular weight excluding hydrogens is 570 g/mol. The summed E-state index contributed by atoms with van der Waals surface area (Å²) in [6, 6.07) is 15.5. The summed E-state index contributed by atoms with van der Waals surface area (Å²) < 4.78 is 16.3. The van der Waals surface area contributed by atoms with Gasteiger partial charge in [-0.3, -0.25) is 19.3 Å². The first-order chi connectivity index (χ1) is 19.8. The van der Waals surface area contributed by atoms with Crippen molar-refractivity contribution in [1.29, 1.82) is 0 Å². The number of hydrogen-bond donors (Lipinski definition) is 1. The number of esters is 1. The molecule has 0 unspecified atom stereocenters. The number of nitrogens with one attached hydrogen (secondary N) is 1. The van der Waals surface area contributed by atoms with Crippen LogP contribution in [0.3, 0.4) is 0 Å². The number of carbonyl (C=O) groups is 4. The quantitative estimate of drug-likeness (QED) is 0.274. The van der Waals surface area contributed by atoms with Gasteiger partial charge in [-0.2, -0.15) is 0 Å². The summed E-state index contributed by atoms with van der Waals surface area (Å²) in [5, 5.41) is 2.53. The van der Waals surface area contributed by atoms with Crippen molar-refractivity contribution in [2.45, 2.75) is 6.92 Å². The van der Waals surface area contributed by atoms with Gasteiger partial charge >= 0.3 is 5.97 Å². The number of amides is 3. The van der Waals surface area contributed by atoms with E-state index in [0.717, 1.165) is 22.3 Å². The third-order valence-electron chi connectivity index (χ3n) is 6.35. The van der Waals surface area contributed by atoms with Gasteiger partial charge in [0.25, 0.3) is 11.1 Å². The molecule has 2 fully saturated rings. The van der Waals surface area contributed by atoms with E-state index >= 15 is 0 Å². The molecule has 2 aromatic carbocycles. The van der Waals surface area contributed by atoms with Gasteiger partial charge in [-0.1, -0.05) is 23.7 Å². The maximum absolute atomic E-state index is 13.0. The number of thioether (sulfide) groups is 1. The zero-order chi connectivity index (χ0) is 28.9. The van der Waals surface area contributed by atoms with Gasteiger partial charge in [-0.05, 0) is 61.2 Å². The number of ether oxygens (including phenoxy) is 2. The summed E-state index contributed by atoms with van der Waals surface area (Å²) in [6.07, 6.45) is 1.45. The number of benzene rings is 2. The van der Waals surface area contributed by atoms with Crippen LogP contribution in [-0.4, -0.2) is 67.4 Å². The molecule has 0 aliphatic carbocycles. The van der Waals surface area contributed by atoms with Crippen LogP contribution in [0.25, 0.3) is 17.4 Å². The summed E-state index contributed by atoms with van der Waals surface area (Å²) in [5.74, 6) is -0.883. The van der Waals surface area contributed by atoms with E-state index in [0.29, 0.717) is 49.1 Å². The smallest absolute Gasteiger partial charge is 0.339 e. The molecule has 0 atom stereocenters. The summed E-state index contributed by atoms with van der Waals surface area (Å²) in [6.45, 7) is 4.06. The molecule has 2 aliphatic heterocycles.